The molecule has 1 atom stereocenters. The molecule has 1 saturated heterocycles. The molecule has 146 valence electrons. The van der Waals surface area contributed by atoms with E-state index in [1.165, 1.54) is 0 Å². The van der Waals surface area contributed by atoms with Gasteiger partial charge in [0.05, 0.1) is 0 Å². The zero-order chi connectivity index (χ0) is 19.9. The summed E-state index contributed by atoms with van der Waals surface area (Å²) in [7, 11) is 0. The van der Waals surface area contributed by atoms with Crippen molar-refractivity contribution >= 4 is 23.7 Å². The van der Waals surface area contributed by atoms with Crippen LogP contribution in [0, 0.1) is 0 Å². The fourth-order valence-electron chi connectivity index (χ4n) is 3.27. The highest BCUT2D eigenvalue weighted by Gasteiger charge is 2.29. The van der Waals surface area contributed by atoms with E-state index >= 15 is 0 Å². The highest BCUT2D eigenvalue weighted by atomic mass is 32.2. The predicted octanol–water partition coefficient (Wildman–Crippen LogP) is 5.55. The van der Waals surface area contributed by atoms with Crippen LogP contribution in [0.2, 0.25) is 0 Å². The minimum atomic E-state index is 0.0473. The SMILES string of the molecule is O=C(C=Cc1ccccc1)N1CCSC1c1ccc(OCc2ccccc2)cc1. The Morgan fingerprint density at radius 2 is 1.66 bits per heavy atom. The maximum atomic E-state index is 12.7. The van der Waals surface area contributed by atoms with Crippen molar-refractivity contribution in [2.45, 2.75) is 12.0 Å². The van der Waals surface area contributed by atoms with Crippen molar-refractivity contribution < 1.29 is 9.53 Å². The van der Waals surface area contributed by atoms with Gasteiger partial charge < -0.3 is 9.64 Å². The Kier molecular flexibility index (Phi) is 6.32. The molecule has 0 bridgehead atoms. The average molecular weight is 402 g/mol. The molecule has 3 nitrogen and oxygen atoms in total. The fraction of sp³-hybridized carbons (Fsp3) is 0.160. The van der Waals surface area contributed by atoms with Gasteiger partial charge in [-0.2, -0.15) is 0 Å². The van der Waals surface area contributed by atoms with E-state index < -0.39 is 0 Å². The van der Waals surface area contributed by atoms with Crippen molar-refractivity contribution in [1.29, 1.82) is 0 Å². The summed E-state index contributed by atoms with van der Waals surface area (Å²) in [4.78, 5) is 14.7. The van der Waals surface area contributed by atoms with Crippen LogP contribution in [-0.4, -0.2) is 23.1 Å². The molecule has 0 saturated carbocycles. The molecule has 3 aromatic rings. The topological polar surface area (TPSA) is 29.5 Å². The van der Waals surface area contributed by atoms with Gasteiger partial charge in [-0.15, -0.1) is 11.8 Å². The van der Waals surface area contributed by atoms with Gasteiger partial charge >= 0.3 is 0 Å². The van der Waals surface area contributed by atoms with Crippen LogP contribution in [-0.2, 0) is 11.4 Å². The second-order valence-electron chi connectivity index (χ2n) is 6.84. The maximum Gasteiger partial charge on any atom is 0.247 e. The van der Waals surface area contributed by atoms with E-state index in [2.05, 4.69) is 24.3 Å². The molecular weight excluding hydrogens is 378 g/mol. The molecule has 1 aliphatic rings. The summed E-state index contributed by atoms with van der Waals surface area (Å²) in [5, 5.41) is 0.0473. The quantitative estimate of drug-likeness (QED) is 0.507. The second kappa shape index (κ2) is 9.48. The number of nitrogens with zero attached hydrogens (tertiary/aromatic N) is 1. The van der Waals surface area contributed by atoms with E-state index in [0.717, 1.165) is 34.7 Å². The normalized spacial score (nSPS) is 16.3. The Bertz CT molecular complexity index is 955. The van der Waals surface area contributed by atoms with Crippen molar-refractivity contribution in [1.82, 2.24) is 4.90 Å². The van der Waals surface area contributed by atoms with Crippen molar-refractivity contribution in [2.24, 2.45) is 0 Å². The van der Waals surface area contributed by atoms with Gasteiger partial charge in [0.1, 0.15) is 17.7 Å². The Hall–Kier alpha value is -2.98. The molecule has 0 aromatic heterocycles. The van der Waals surface area contributed by atoms with E-state index in [4.69, 9.17) is 4.74 Å². The molecule has 29 heavy (non-hydrogen) atoms. The average Bonchev–Trinajstić information content (AvgIpc) is 3.28. The molecule has 1 fully saturated rings. The van der Waals surface area contributed by atoms with Crippen LogP contribution < -0.4 is 4.74 Å². The van der Waals surface area contributed by atoms with Gasteiger partial charge in [0.2, 0.25) is 5.91 Å². The number of ether oxygens (including phenoxy) is 1. The van der Waals surface area contributed by atoms with Gasteiger partial charge in [-0.3, -0.25) is 4.79 Å². The molecule has 0 N–H and O–H groups in total. The largest absolute Gasteiger partial charge is 0.489 e. The number of amides is 1. The summed E-state index contributed by atoms with van der Waals surface area (Å²) >= 11 is 1.80. The van der Waals surface area contributed by atoms with Crippen molar-refractivity contribution in [3.63, 3.8) is 0 Å². The molecule has 1 amide bonds. The highest BCUT2D eigenvalue weighted by Crippen LogP contribution is 2.38. The summed E-state index contributed by atoms with van der Waals surface area (Å²) < 4.78 is 5.87. The first kappa shape index (κ1) is 19.3. The number of benzene rings is 3. The molecule has 0 aliphatic carbocycles. The summed E-state index contributed by atoms with van der Waals surface area (Å²) in [6.07, 6.45) is 3.55. The number of thioether (sulfide) groups is 1. The highest BCUT2D eigenvalue weighted by molar-refractivity contribution is 7.99. The van der Waals surface area contributed by atoms with Gasteiger partial charge in [0, 0.05) is 18.4 Å². The second-order valence-corrected chi connectivity index (χ2v) is 8.03. The molecule has 0 radical (unpaired) electrons. The van der Waals surface area contributed by atoms with Crippen LogP contribution in [0.5, 0.6) is 5.75 Å². The summed E-state index contributed by atoms with van der Waals surface area (Å²) in [6.45, 7) is 1.31. The van der Waals surface area contributed by atoms with Crippen LogP contribution in [0.25, 0.3) is 6.08 Å². The molecule has 4 heteroatoms. The summed E-state index contributed by atoms with van der Waals surface area (Å²) in [6, 6.07) is 28.1. The third kappa shape index (κ3) is 5.09. The Morgan fingerprint density at radius 1 is 0.966 bits per heavy atom. The van der Waals surface area contributed by atoms with Gasteiger partial charge in [-0.25, -0.2) is 0 Å². The first-order chi connectivity index (χ1) is 14.3. The zero-order valence-electron chi connectivity index (χ0n) is 16.1. The van der Waals surface area contributed by atoms with Crippen molar-refractivity contribution in [3.8, 4) is 5.75 Å². The van der Waals surface area contributed by atoms with Crippen LogP contribution in [0.4, 0.5) is 0 Å². The first-order valence-corrected chi connectivity index (χ1v) is 10.8. The lowest BCUT2D eigenvalue weighted by Gasteiger charge is -2.23. The lowest BCUT2D eigenvalue weighted by Crippen LogP contribution is -2.28. The van der Waals surface area contributed by atoms with Gasteiger partial charge in [0.25, 0.3) is 0 Å². The van der Waals surface area contributed by atoms with Crippen LogP contribution in [0.1, 0.15) is 22.1 Å². The smallest absolute Gasteiger partial charge is 0.247 e. The molecule has 1 aliphatic heterocycles. The molecule has 3 aromatic carbocycles. The molecule has 1 unspecified atom stereocenters. The third-order valence-corrected chi connectivity index (χ3v) is 6.07. The molecular formula is C25H23NO2S. The molecule has 4 rings (SSSR count). The molecule has 1 heterocycles. The van der Waals surface area contributed by atoms with E-state index in [1.807, 2.05) is 71.6 Å². The number of rotatable bonds is 6. The zero-order valence-corrected chi connectivity index (χ0v) is 16.9. The lowest BCUT2D eigenvalue weighted by atomic mass is 10.2. The first-order valence-electron chi connectivity index (χ1n) is 9.71. The standard InChI is InChI=1S/C25H23NO2S/c27-24(16-11-20-7-3-1-4-8-20)26-17-18-29-25(26)22-12-14-23(15-13-22)28-19-21-9-5-2-6-10-21/h1-16,25H,17-19H2. The Morgan fingerprint density at radius 3 is 2.38 bits per heavy atom. The lowest BCUT2D eigenvalue weighted by molar-refractivity contribution is -0.126. The number of carbonyl (C=O) groups excluding carboxylic acids is 1. The minimum absolute atomic E-state index is 0.0473. The minimum Gasteiger partial charge on any atom is -0.489 e. The number of hydrogen-bond donors (Lipinski definition) is 0. The van der Waals surface area contributed by atoms with Gasteiger partial charge in [-0.05, 0) is 34.9 Å². The Balaban J connectivity index is 1.39. The maximum absolute atomic E-state index is 12.7. The number of carbonyl (C=O) groups is 1. The van der Waals surface area contributed by atoms with E-state index in [9.17, 15) is 4.79 Å². The summed E-state index contributed by atoms with van der Waals surface area (Å²) in [5.41, 5.74) is 3.30. The van der Waals surface area contributed by atoms with E-state index in [0.29, 0.717) is 6.61 Å². The van der Waals surface area contributed by atoms with Crippen LogP contribution in [0.15, 0.2) is 91.0 Å². The van der Waals surface area contributed by atoms with E-state index in [-0.39, 0.29) is 11.3 Å². The monoisotopic (exact) mass is 401 g/mol. The molecule has 0 spiro atoms. The van der Waals surface area contributed by atoms with Gasteiger partial charge in [-0.1, -0.05) is 72.8 Å². The fourth-order valence-corrected chi connectivity index (χ4v) is 4.53. The van der Waals surface area contributed by atoms with Crippen molar-refractivity contribution in [2.75, 3.05) is 12.3 Å². The van der Waals surface area contributed by atoms with Crippen LogP contribution >= 0.6 is 11.8 Å². The van der Waals surface area contributed by atoms with Gasteiger partial charge in [0.15, 0.2) is 0 Å². The third-order valence-electron chi connectivity index (χ3n) is 4.81. The summed E-state index contributed by atoms with van der Waals surface area (Å²) in [5.74, 6) is 1.83. The predicted molar refractivity (Wildman–Crippen MR) is 120 cm³/mol. The van der Waals surface area contributed by atoms with Crippen molar-refractivity contribution in [3.05, 3.63) is 108 Å². The Labute approximate surface area is 176 Å². The van der Waals surface area contributed by atoms with E-state index in [1.54, 1.807) is 17.8 Å². The number of hydrogen-bond acceptors (Lipinski definition) is 3. The van der Waals surface area contributed by atoms with Crippen LogP contribution in [0.3, 0.4) is 0 Å².